The maximum absolute atomic E-state index is 11.7. The van der Waals surface area contributed by atoms with E-state index in [1.54, 1.807) is 32.5 Å². The van der Waals surface area contributed by atoms with Crippen LogP contribution in [-0.4, -0.2) is 51.4 Å². The highest BCUT2D eigenvalue weighted by Gasteiger charge is 2.06. The first-order valence-corrected chi connectivity index (χ1v) is 5.76. The number of anilines is 1. The second-order valence-electron chi connectivity index (χ2n) is 3.54. The number of nitrogens with one attached hydrogen (secondary N) is 2. The van der Waals surface area contributed by atoms with Gasteiger partial charge in [0.1, 0.15) is 5.69 Å². The monoisotopic (exact) mass is 253 g/mol. The standard InChI is InChI=1S/C12H19N3O3/c1-13-10-3-4-14-11(9-10)12(16)15-5-6-18-8-7-17-2/h3-4,9H,5-8H2,1-2H3,(H,13,14)(H,15,16). The third-order valence-corrected chi connectivity index (χ3v) is 2.25. The summed E-state index contributed by atoms with van der Waals surface area (Å²) in [4.78, 5) is 15.7. The molecule has 0 atom stereocenters. The van der Waals surface area contributed by atoms with Gasteiger partial charge < -0.3 is 20.1 Å². The molecule has 0 radical (unpaired) electrons. The third-order valence-electron chi connectivity index (χ3n) is 2.25. The van der Waals surface area contributed by atoms with Crippen molar-refractivity contribution >= 4 is 11.6 Å². The van der Waals surface area contributed by atoms with Gasteiger partial charge in [-0.2, -0.15) is 0 Å². The molecule has 1 amide bonds. The van der Waals surface area contributed by atoms with Crippen LogP contribution in [0, 0.1) is 0 Å². The Bertz CT molecular complexity index is 371. The van der Waals surface area contributed by atoms with E-state index < -0.39 is 0 Å². The average Bonchev–Trinajstić information content (AvgIpc) is 2.42. The van der Waals surface area contributed by atoms with Gasteiger partial charge in [-0.1, -0.05) is 0 Å². The highest BCUT2D eigenvalue weighted by Crippen LogP contribution is 2.06. The van der Waals surface area contributed by atoms with Crippen molar-refractivity contribution < 1.29 is 14.3 Å². The van der Waals surface area contributed by atoms with E-state index in [9.17, 15) is 4.79 Å². The van der Waals surface area contributed by atoms with Crippen molar-refractivity contribution in [3.63, 3.8) is 0 Å². The molecule has 0 aliphatic rings. The van der Waals surface area contributed by atoms with Gasteiger partial charge in [-0.25, -0.2) is 0 Å². The van der Waals surface area contributed by atoms with Crippen LogP contribution in [0.4, 0.5) is 5.69 Å². The number of aromatic nitrogens is 1. The zero-order chi connectivity index (χ0) is 13.2. The van der Waals surface area contributed by atoms with Crippen LogP contribution in [0.1, 0.15) is 10.5 Å². The molecule has 2 N–H and O–H groups in total. The first-order valence-electron chi connectivity index (χ1n) is 5.76. The summed E-state index contributed by atoms with van der Waals surface area (Å²) in [6.45, 7) is 1.99. The first kappa shape index (κ1) is 14.4. The highest BCUT2D eigenvalue weighted by molar-refractivity contribution is 5.93. The van der Waals surface area contributed by atoms with E-state index in [0.29, 0.717) is 32.1 Å². The fourth-order valence-corrected chi connectivity index (χ4v) is 1.28. The minimum Gasteiger partial charge on any atom is -0.388 e. The maximum Gasteiger partial charge on any atom is 0.270 e. The predicted molar refractivity (Wildman–Crippen MR) is 68.8 cm³/mol. The molecule has 0 aliphatic heterocycles. The zero-order valence-corrected chi connectivity index (χ0v) is 10.7. The molecule has 0 fully saturated rings. The van der Waals surface area contributed by atoms with Crippen LogP contribution in [-0.2, 0) is 9.47 Å². The minimum atomic E-state index is -0.206. The number of carbonyl (C=O) groups is 1. The van der Waals surface area contributed by atoms with Gasteiger partial charge in [0.2, 0.25) is 0 Å². The molecule has 18 heavy (non-hydrogen) atoms. The Morgan fingerprint density at radius 3 is 2.94 bits per heavy atom. The van der Waals surface area contributed by atoms with Crippen molar-refractivity contribution in [3.05, 3.63) is 24.0 Å². The molecule has 0 saturated heterocycles. The number of nitrogens with zero attached hydrogens (tertiary/aromatic N) is 1. The fourth-order valence-electron chi connectivity index (χ4n) is 1.28. The van der Waals surface area contributed by atoms with E-state index in [2.05, 4.69) is 15.6 Å². The molecule has 6 nitrogen and oxygen atoms in total. The van der Waals surface area contributed by atoms with Crippen molar-refractivity contribution in [2.24, 2.45) is 0 Å². The molecular formula is C12H19N3O3. The normalized spacial score (nSPS) is 10.1. The molecule has 1 heterocycles. The Kier molecular flexibility index (Phi) is 6.75. The van der Waals surface area contributed by atoms with Crippen molar-refractivity contribution in [2.75, 3.05) is 45.8 Å². The molecule has 0 unspecified atom stereocenters. The van der Waals surface area contributed by atoms with Gasteiger partial charge in [-0.05, 0) is 12.1 Å². The Morgan fingerprint density at radius 2 is 2.22 bits per heavy atom. The molecule has 0 saturated carbocycles. The van der Waals surface area contributed by atoms with Crippen LogP contribution < -0.4 is 10.6 Å². The number of carbonyl (C=O) groups excluding carboxylic acids is 1. The van der Waals surface area contributed by atoms with E-state index in [-0.39, 0.29) is 5.91 Å². The number of hydrogen-bond donors (Lipinski definition) is 2. The summed E-state index contributed by atoms with van der Waals surface area (Å²) >= 11 is 0. The SMILES string of the molecule is CNc1ccnc(C(=O)NCCOCCOC)c1. The molecular weight excluding hydrogens is 234 g/mol. The Balaban J connectivity index is 2.27. The van der Waals surface area contributed by atoms with E-state index in [1.165, 1.54) is 0 Å². The smallest absolute Gasteiger partial charge is 0.270 e. The number of hydrogen-bond acceptors (Lipinski definition) is 5. The lowest BCUT2D eigenvalue weighted by Gasteiger charge is -2.06. The molecule has 0 spiro atoms. The second kappa shape index (κ2) is 8.43. The molecule has 0 bridgehead atoms. The lowest BCUT2D eigenvalue weighted by molar-refractivity contribution is 0.0692. The number of methoxy groups -OCH3 is 1. The van der Waals surface area contributed by atoms with Crippen molar-refractivity contribution in [1.82, 2.24) is 10.3 Å². The molecule has 6 heteroatoms. The van der Waals surface area contributed by atoms with Crippen LogP contribution >= 0.6 is 0 Å². The van der Waals surface area contributed by atoms with Crippen molar-refractivity contribution in [1.29, 1.82) is 0 Å². The van der Waals surface area contributed by atoms with Gasteiger partial charge in [-0.15, -0.1) is 0 Å². The van der Waals surface area contributed by atoms with Crippen LogP contribution in [0.5, 0.6) is 0 Å². The fraction of sp³-hybridized carbons (Fsp3) is 0.500. The van der Waals surface area contributed by atoms with E-state index in [0.717, 1.165) is 5.69 Å². The van der Waals surface area contributed by atoms with Gasteiger partial charge in [0.05, 0.1) is 19.8 Å². The number of ether oxygens (including phenoxy) is 2. The van der Waals surface area contributed by atoms with Gasteiger partial charge in [0.25, 0.3) is 5.91 Å². The predicted octanol–water partition coefficient (Wildman–Crippen LogP) is 0.516. The Hall–Kier alpha value is -1.66. The van der Waals surface area contributed by atoms with Crippen LogP contribution in [0.15, 0.2) is 18.3 Å². The summed E-state index contributed by atoms with van der Waals surface area (Å²) in [6, 6.07) is 3.49. The summed E-state index contributed by atoms with van der Waals surface area (Å²) in [5.74, 6) is -0.206. The third kappa shape index (κ3) is 5.11. The number of rotatable bonds is 8. The van der Waals surface area contributed by atoms with Gasteiger partial charge in [-0.3, -0.25) is 9.78 Å². The van der Waals surface area contributed by atoms with E-state index >= 15 is 0 Å². The van der Waals surface area contributed by atoms with Gasteiger partial charge >= 0.3 is 0 Å². The summed E-state index contributed by atoms with van der Waals surface area (Å²) < 4.78 is 10.1. The summed E-state index contributed by atoms with van der Waals surface area (Å²) in [7, 11) is 3.41. The first-order chi connectivity index (χ1) is 8.77. The lowest BCUT2D eigenvalue weighted by Crippen LogP contribution is -2.28. The topological polar surface area (TPSA) is 72.5 Å². The Labute approximate surface area is 107 Å². The van der Waals surface area contributed by atoms with Crippen molar-refractivity contribution in [2.45, 2.75) is 0 Å². The lowest BCUT2D eigenvalue weighted by atomic mass is 10.3. The summed E-state index contributed by atoms with van der Waals surface area (Å²) in [5, 5.41) is 5.69. The maximum atomic E-state index is 11.7. The molecule has 0 aromatic carbocycles. The Morgan fingerprint density at radius 1 is 1.39 bits per heavy atom. The average molecular weight is 253 g/mol. The quantitative estimate of drug-likeness (QED) is 0.661. The molecule has 1 aromatic rings. The summed E-state index contributed by atoms with van der Waals surface area (Å²) in [6.07, 6.45) is 1.59. The molecule has 1 aromatic heterocycles. The van der Waals surface area contributed by atoms with Gasteiger partial charge in [0, 0.05) is 32.6 Å². The molecule has 100 valence electrons. The number of pyridine rings is 1. The minimum absolute atomic E-state index is 0.206. The van der Waals surface area contributed by atoms with E-state index in [1.807, 2.05) is 0 Å². The molecule has 0 aliphatic carbocycles. The highest BCUT2D eigenvalue weighted by atomic mass is 16.5. The summed E-state index contributed by atoms with van der Waals surface area (Å²) in [5.41, 5.74) is 1.24. The number of amides is 1. The van der Waals surface area contributed by atoms with Crippen LogP contribution in [0.2, 0.25) is 0 Å². The molecule has 1 rings (SSSR count). The van der Waals surface area contributed by atoms with Crippen LogP contribution in [0.3, 0.4) is 0 Å². The second-order valence-corrected chi connectivity index (χ2v) is 3.54. The van der Waals surface area contributed by atoms with Crippen molar-refractivity contribution in [3.8, 4) is 0 Å². The van der Waals surface area contributed by atoms with E-state index in [4.69, 9.17) is 9.47 Å². The zero-order valence-electron chi connectivity index (χ0n) is 10.7. The van der Waals surface area contributed by atoms with Gasteiger partial charge in [0.15, 0.2) is 0 Å². The van der Waals surface area contributed by atoms with Crippen LogP contribution in [0.25, 0.3) is 0 Å². The largest absolute Gasteiger partial charge is 0.388 e.